The topological polar surface area (TPSA) is 64.6 Å². The fraction of sp³-hybridized carbons (Fsp3) is 0.321. The maximum absolute atomic E-state index is 12.8. The van der Waals surface area contributed by atoms with Crippen LogP contribution in [0.15, 0.2) is 76.5 Å². The molecule has 1 aliphatic heterocycles. The smallest absolute Gasteiger partial charge is 0.411 e. The molecule has 0 bridgehead atoms. The molecular weight excluding hydrogens is 480 g/mol. The van der Waals surface area contributed by atoms with E-state index in [9.17, 15) is 9.35 Å². The third-order valence-electron chi connectivity index (χ3n) is 6.62. The molecule has 1 N–H and O–H groups in total. The first-order valence-corrected chi connectivity index (χ1v) is 13.4. The average Bonchev–Trinajstić information content (AvgIpc) is 2.89. The van der Waals surface area contributed by atoms with Crippen LogP contribution in [0.5, 0.6) is 0 Å². The van der Waals surface area contributed by atoms with Crippen molar-refractivity contribution in [1.82, 2.24) is 4.90 Å². The molecule has 4 rings (SSSR count). The van der Waals surface area contributed by atoms with Crippen molar-refractivity contribution in [3.05, 3.63) is 88.4 Å². The highest BCUT2D eigenvalue weighted by molar-refractivity contribution is 7.91. The van der Waals surface area contributed by atoms with E-state index in [-0.39, 0.29) is 0 Å². The number of anilines is 1. The van der Waals surface area contributed by atoms with Crippen LogP contribution in [-0.2, 0) is 22.3 Å². The zero-order valence-corrected chi connectivity index (χ0v) is 21.7. The molecule has 5 nitrogen and oxygen atoms in total. The summed E-state index contributed by atoms with van der Waals surface area (Å²) in [5.74, 6) is 0.493. The Morgan fingerprint density at radius 3 is 2.31 bits per heavy atom. The molecule has 0 saturated carbocycles. The lowest BCUT2D eigenvalue weighted by Crippen LogP contribution is -2.34. The SMILES string of the molecule is COC(=O)Nc1ccc(C)c(C2CCN(CCc3ccc([S+]([O-])c4ccc(Cl)cc4)cc3)CC2)c1. The van der Waals surface area contributed by atoms with E-state index in [1.54, 1.807) is 12.1 Å². The molecule has 3 aromatic carbocycles. The Kier molecular flexibility index (Phi) is 8.74. The molecule has 0 spiro atoms. The quantitative estimate of drug-likeness (QED) is 0.373. The van der Waals surface area contributed by atoms with Gasteiger partial charge in [0.1, 0.15) is 0 Å². The van der Waals surface area contributed by atoms with Crippen molar-refractivity contribution in [3.8, 4) is 0 Å². The van der Waals surface area contributed by atoms with Crippen LogP contribution in [-0.4, -0.2) is 42.3 Å². The molecule has 184 valence electrons. The Bertz CT molecular complexity index is 1130. The first-order valence-electron chi connectivity index (χ1n) is 11.9. The van der Waals surface area contributed by atoms with Crippen molar-refractivity contribution in [2.45, 2.75) is 41.9 Å². The molecule has 0 aliphatic carbocycles. The summed E-state index contributed by atoms with van der Waals surface area (Å²) in [6.45, 7) is 5.25. The Morgan fingerprint density at radius 1 is 1.06 bits per heavy atom. The van der Waals surface area contributed by atoms with Gasteiger partial charge in [0.2, 0.25) is 0 Å². The van der Waals surface area contributed by atoms with E-state index < -0.39 is 17.3 Å². The van der Waals surface area contributed by atoms with Crippen molar-refractivity contribution in [2.24, 2.45) is 0 Å². The van der Waals surface area contributed by atoms with Gasteiger partial charge in [-0.25, -0.2) is 4.79 Å². The molecule has 1 saturated heterocycles. The zero-order chi connectivity index (χ0) is 24.8. The number of carbonyl (C=O) groups is 1. The third kappa shape index (κ3) is 6.79. The van der Waals surface area contributed by atoms with Crippen LogP contribution in [0.4, 0.5) is 10.5 Å². The van der Waals surface area contributed by atoms with Crippen LogP contribution in [0.25, 0.3) is 0 Å². The minimum absolute atomic E-state index is 0.445. The van der Waals surface area contributed by atoms with Gasteiger partial charge in [-0.2, -0.15) is 0 Å². The molecule has 0 radical (unpaired) electrons. The molecule has 1 heterocycles. The van der Waals surface area contributed by atoms with Gasteiger partial charge in [-0.15, -0.1) is 0 Å². The van der Waals surface area contributed by atoms with Gasteiger partial charge in [0, 0.05) is 28.4 Å². The number of halogens is 1. The molecule has 35 heavy (non-hydrogen) atoms. The normalized spacial score (nSPS) is 15.5. The molecular formula is C28H31ClN2O3S. The third-order valence-corrected chi connectivity index (χ3v) is 8.27. The van der Waals surface area contributed by atoms with E-state index >= 15 is 0 Å². The van der Waals surface area contributed by atoms with Crippen LogP contribution in [0.3, 0.4) is 0 Å². The molecule has 1 atom stereocenters. The number of aryl methyl sites for hydroxylation is 1. The fourth-order valence-corrected chi connectivity index (χ4v) is 5.72. The van der Waals surface area contributed by atoms with Gasteiger partial charge < -0.3 is 14.2 Å². The maximum Gasteiger partial charge on any atom is 0.411 e. The van der Waals surface area contributed by atoms with Gasteiger partial charge in [0.25, 0.3) is 0 Å². The Morgan fingerprint density at radius 2 is 1.69 bits per heavy atom. The number of amides is 1. The number of hydrogen-bond donors (Lipinski definition) is 1. The molecule has 3 aromatic rings. The summed E-state index contributed by atoms with van der Waals surface area (Å²) in [7, 11) is 1.37. The second-order valence-electron chi connectivity index (χ2n) is 8.92. The number of methoxy groups -OCH3 is 1. The second kappa shape index (κ2) is 12.0. The summed E-state index contributed by atoms with van der Waals surface area (Å²) >= 11 is 4.73. The van der Waals surface area contributed by atoms with E-state index in [1.807, 2.05) is 30.3 Å². The van der Waals surface area contributed by atoms with E-state index in [0.29, 0.717) is 10.9 Å². The summed E-state index contributed by atoms with van der Waals surface area (Å²) in [5, 5.41) is 3.41. The van der Waals surface area contributed by atoms with E-state index in [2.05, 4.69) is 41.4 Å². The summed E-state index contributed by atoms with van der Waals surface area (Å²) < 4.78 is 17.5. The van der Waals surface area contributed by atoms with Crippen molar-refractivity contribution in [3.63, 3.8) is 0 Å². The lowest BCUT2D eigenvalue weighted by molar-refractivity contribution is 0.187. The van der Waals surface area contributed by atoms with Gasteiger partial charge in [0.15, 0.2) is 9.79 Å². The minimum atomic E-state index is -1.20. The first kappa shape index (κ1) is 25.6. The number of nitrogens with zero attached hydrogens (tertiary/aromatic N) is 1. The van der Waals surface area contributed by atoms with Gasteiger partial charge in [-0.1, -0.05) is 29.8 Å². The predicted octanol–water partition coefficient (Wildman–Crippen LogP) is 6.42. The van der Waals surface area contributed by atoms with Crippen LogP contribution >= 0.6 is 11.6 Å². The minimum Gasteiger partial charge on any atom is -0.606 e. The standard InChI is InChI=1S/C28H31ClN2O3S/c1-20-3-8-24(30-28(32)34-2)19-27(20)22-14-17-31(18-15-22)16-13-21-4-9-25(10-5-21)35(33)26-11-6-23(29)7-12-26/h3-12,19,22H,13-18H2,1-2H3,(H,30,32). The summed E-state index contributed by atoms with van der Waals surface area (Å²) in [5.41, 5.74) is 4.60. The lowest BCUT2D eigenvalue weighted by atomic mass is 9.86. The zero-order valence-electron chi connectivity index (χ0n) is 20.1. The predicted molar refractivity (Wildman–Crippen MR) is 142 cm³/mol. The lowest BCUT2D eigenvalue weighted by Gasteiger charge is -2.33. The van der Waals surface area contributed by atoms with Crippen LogP contribution in [0.2, 0.25) is 5.02 Å². The molecule has 1 amide bonds. The highest BCUT2D eigenvalue weighted by Gasteiger charge is 2.22. The van der Waals surface area contributed by atoms with Crippen molar-refractivity contribution < 1.29 is 14.1 Å². The number of nitrogens with one attached hydrogen (secondary N) is 1. The number of carbonyl (C=O) groups excluding carboxylic acids is 1. The number of piperidine rings is 1. The number of rotatable bonds is 7. The molecule has 1 unspecified atom stereocenters. The summed E-state index contributed by atoms with van der Waals surface area (Å²) in [6.07, 6.45) is 2.72. The van der Waals surface area contributed by atoms with Crippen LogP contribution in [0.1, 0.15) is 35.4 Å². The highest BCUT2D eigenvalue weighted by atomic mass is 35.5. The van der Waals surface area contributed by atoms with E-state index in [1.165, 1.54) is 23.8 Å². The second-order valence-corrected chi connectivity index (χ2v) is 10.8. The molecule has 1 aliphatic rings. The van der Waals surface area contributed by atoms with Gasteiger partial charge in [-0.05, 0) is 110 Å². The number of benzene rings is 3. The fourth-order valence-electron chi connectivity index (χ4n) is 4.56. The Labute approximate surface area is 215 Å². The van der Waals surface area contributed by atoms with E-state index in [4.69, 9.17) is 16.3 Å². The average molecular weight is 511 g/mol. The van der Waals surface area contributed by atoms with Crippen molar-refractivity contribution in [1.29, 1.82) is 0 Å². The number of ether oxygens (including phenoxy) is 1. The molecule has 1 fully saturated rings. The summed E-state index contributed by atoms with van der Waals surface area (Å²) in [6, 6.07) is 21.3. The van der Waals surface area contributed by atoms with Gasteiger partial charge in [-0.3, -0.25) is 5.32 Å². The van der Waals surface area contributed by atoms with Gasteiger partial charge >= 0.3 is 6.09 Å². The number of likely N-dealkylation sites (tertiary alicyclic amines) is 1. The largest absolute Gasteiger partial charge is 0.606 e. The van der Waals surface area contributed by atoms with Crippen molar-refractivity contribution in [2.75, 3.05) is 32.1 Å². The van der Waals surface area contributed by atoms with Gasteiger partial charge in [0.05, 0.1) is 7.11 Å². The van der Waals surface area contributed by atoms with Crippen LogP contribution < -0.4 is 5.32 Å². The molecule has 7 heteroatoms. The van der Waals surface area contributed by atoms with E-state index in [0.717, 1.165) is 54.4 Å². The Balaban J connectivity index is 1.28. The number of hydrogen-bond acceptors (Lipinski definition) is 4. The highest BCUT2D eigenvalue weighted by Crippen LogP contribution is 2.32. The first-order chi connectivity index (χ1) is 16.9. The van der Waals surface area contributed by atoms with Crippen LogP contribution in [0, 0.1) is 6.92 Å². The Hall–Kier alpha value is -2.51. The molecule has 0 aromatic heterocycles. The maximum atomic E-state index is 12.8. The van der Waals surface area contributed by atoms with Crippen molar-refractivity contribution >= 4 is 34.6 Å². The summed E-state index contributed by atoms with van der Waals surface area (Å²) in [4.78, 5) is 15.6. The monoisotopic (exact) mass is 510 g/mol.